The number of amides is 2. The summed E-state index contributed by atoms with van der Waals surface area (Å²) in [5.41, 5.74) is 5.30. The molecular weight excluding hydrogens is 508 g/mol. The van der Waals surface area contributed by atoms with E-state index in [1.807, 2.05) is 72.3 Å². The van der Waals surface area contributed by atoms with Gasteiger partial charge < -0.3 is 20.5 Å². The number of fused-ring (bicyclic) bond motifs is 1. The molecule has 2 aromatic carbocycles. The number of aryl methyl sites for hydroxylation is 1. The van der Waals surface area contributed by atoms with Crippen LogP contribution >= 0.6 is 12.2 Å². The first-order valence-corrected chi connectivity index (χ1v) is 14.0. The lowest BCUT2D eigenvalue weighted by Crippen LogP contribution is -2.51. The molecule has 2 amide bonds. The van der Waals surface area contributed by atoms with Gasteiger partial charge in [-0.2, -0.15) is 5.10 Å². The van der Waals surface area contributed by atoms with Gasteiger partial charge in [-0.3, -0.25) is 15.0 Å². The van der Waals surface area contributed by atoms with E-state index in [0.29, 0.717) is 16.7 Å². The van der Waals surface area contributed by atoms with Crippen molar-refractivity contribution < 1.29 is 9.59 Å². The number of hydrogen-bond donors (Lipinski definition) is 4. The Hall–Kier alpha value is -3.72. The van der Waals surface area contributed by atoms with Crippen LogP contribution in [0, 0.1) is 11.8 Å². The van der Waals surface area contributed by atoms with Crippen molar-refractivity contribution in [3.63, 3.8) is 0 Å². The molecule has 8 nitrogen and oxygen atoms in total. The number of nitrogens with zero attached hydrogens (tertiary/aromatic N) is 2. The van der Waals surface area contributed by atoms with Crippen LogP contribution in [0.2, 0.25) is 0 Å². The van der Waals surface area contributed by atoms with Crippen LogP contribution in [0.25, 0.3) is 10.9 Å². The average molecular weight is 547 g/mol. The second kappa shape index (κ2) is 13.4. The fourth-order valence-corrected chi connectivity index (χ4v) is 5.36. The van der Waals surface area contributed by atoms with Gasteiger partial charge in [-0.15, -0.1) is 0 Å². The maximum atomic E-state index is 13.5. The van der Waals surface area contributed by atoms with Gasteiger partial charge in [0, 0.05) is 35.9 Å². The lowest BCUT2D eigenvalue weighted by molar-refractivity contribution is -0.127. The molecule has 0 radical (unpaired) electrons. The Bertz CT molecular complexity index is 1320. The Morgan fingerprint density at radius 2 is 1.79 bits per heavy atom. The summed E-state index contributed by atoms with van der Waals surface area (Å²) in [6.07, 6.45) is 5.88. The molecule has 1 heterocycles. The van der Waals surface area contributed by atoms with E-state index < -0.39 is 0 Å². The predicted molar refractivity (Wildman–Crippen MR) is 162 cm³/mol. The Balaban J connectivity index is 1.38. The molecule has 0 aliphatic heterocycles. The molecule has 1 aliphatic rings. The number of anilines is 1. The third-order valence-corrected chi connectivity index (χ3v) is 7.30. The van der Waals surface area contributed by atoms with Crippen LogP contribution in [0.4, 0.5) is 5.69 Å². The fourth-order valence-electron chi connectivity index (χ4n) is 5.19. The van der Waals surface area contributed by atoms with E-state index in [1.54, 1.807) is 6.21 Å². The van der Waals surface area contributed by atoms with Crippen molar-refractivity contribution >= 4 is 51.9 Å². The third-order valence-electron chi connectivity index (χ3n) is 7.11. The summed E-state index contributed by atoms with van der Waals surface area (Å²) in [6.45, 7) is 4.21. The molecule has 3 atom stereocenters. The van der Waals surface area contributed by atoms with Gasteiger partial charge in [-0.1, -0.05) is 63.1 Å². The van der Waals surface area contributed by atoms with Gasteiger partial charge in [-0.25, -0.2) is 0 Å². The van der Waals surface area contributed by atoms with Crippen LogP contribution in [-0.2, 0) is 11.8 Å². The number of hydrogen-bond acceptors (Lipinski definition) is 4. The summed E-state index contributed by atoms with van der Waals surface area (Å²) in [5, 5.41) is 15.1. The van der Waals surface area contributed by atoms with E-state index in [9.17, 15) is 9.59 Å². The highest BCUT2D eigenvalue weighted by Crippen LogP contribution is 2.26. The molecule has 9 heteroatoms. The summed E-state index contributed by atoms with van der Waals surface area (Å²) in [6, 6.07) is 19.0. The number of aromatic nitrogens is 1. The van der Waals surface area contributed by atoms with Crippen molar-refractivity contribution in [1.29, 1.82) is 0 Å². The molecular formula is C30H38N6O2S. The van der Waals surface area contributed by atoms with Gasteiger partial charge in [0.2, 0.25) is 5.91 Å². The van der Waals surface area contributed by atoms with Gasteiger partial charge >= 0.3 is 0 Å². The molecule has 39 heavy (non-hydrogen) atoms. The van der Waals surface area contributed by atoms with Crippen LogP contribution in [0.1, 0.15) is 56.4 Å². The van der Waals surface area contributed by atoms with Crippen molar-refractivity contribution in [3.8, 4) is 0 Å². The lowest BCUT2D eigenvalue weighted by Gasteiger charge is -2.32. The Morgan fingerprint density at radius 3 is 2.54 bits per heavy atom. The van der Waals surface area contributed by atoms with E-state index in [1.165, 1.54) is 0 Å². The molecule has 3 aromatic rings. The van der Waals surface area contributed by atoms with Crippen LogP contribution in [0.3, 0.4) is 0 Å². The largest absolute Gasteiger partial charge is 0.348 e. The lowest BCUT2D eigenvalue weighted by atomic mass is 9.83. The third kappa shape index (κ3) is 7.66. The van der Waals surface area contributed by atoms with Crippen LogP contribution in [0.5, 0.6) is 0 Å². The van der Waals surface area contributed by atoms with Gasteiger partial charge in [0.1, 0.15) is 5.69 Å². The molecule has 4 N–H and O–H groups in total. The van der Waals surface area contributed by atoms with Crippen LogP contribution in [-0.4, -0.2) is 39.8 Å². The van der Waals surface area contributed by atoms with Crippen molar-refractivity contribution in [2.45, 2.75) is 58.0 Å². The second-order valence-corrected chi connectivity index (χ2v) is 11.0. The minimum atomic E-state index is -0.297. The van der Waals surface area contributed by atoms with Gasteiger partial charge in [0.15, 0.2) is 5.11 Å². The SMILES string of the molecule is CC(C)CC(/C=N/NC(=S)Nc1ccccc1)NC(=O)[C@@H]1CCCC[C@@H]1NC(=O)c1cc2ccccc2n1C. The van der Waals surface area contributed by atoms with E-state index in [0.717, 1.165) is 48.7 Å². The quantitative estimate of drug-likeness (QED) is 0.173. The van der Waals surface area contributed by atoms with Crippen LogP contribution in [0.15, 0.2) is 65.8 Å². The number of carbonyl (C=O) groups excluding carboxylic acids is 2. The van der Waals surface area contributed by atoms with Crippen molar-refractivity contribution in [2.75, 3.05) is 5.32 Å². The van der Waals surface area contributed by atoms with E-state index in [2.05, 4.69) is 40.3 Å². The number of nitrogens with one attached hydrogen (secondary N) is 4. The number of para-hydroxylation sites is 2. The first kappa shape index (κ1) is 28.3. The summed E-state index contributed by atoms with van der Waals surface area (Å²) in [7, 11) is 1.90. The predicted octanol–water partition coefficient (Wildman–Crippen LogP) is 4.97. The number of carbonyl (C=O) groups is 2. The number of benzene rings is 2. The minimum absolute atomic E-state index is 0.0564. The molecule has 206 valence electrons. The zero-order valence-corrected chi connectivity index (χ0v) is 23.6. The molecule has 1 aliphatic carbocycles. The highest BCUT2D eigenvalue weighted by molar-refractivity contribution is 7.80. The topological polar surface area (TPSA) is 99.6 Å². The molecule has 4 rings (SSSR count). The molecule has 1 unspecified atom stereocenters. The fraction of sp³-hybridized carbons (Fsp3) is 0.400. The summed E-state index contributed by atoms with van der Waals surface area (Å²) in [4.78, 5) is 26.7. The maximum absolute atomic E-state index is 13.5. The van der Waals surface area contributed by atoms with Gasteiger partial charge in [0.05, 0.1) is 12.0 Å². The smallest absolute Gasteiger partial charge is 0.268 e. The van der Waals surface area contributed by atoms with Crippen molar-refractivity contribution in [2.24, 2.45) is 24.0 Å². The van der Waals surface area contributed by atoms with Gasteiger partial charge in [-0.05, 0) is 61.7 Å². The molecule has 1 fully saturated rings. The summed E-state index contributed by atoms with van der Waals surface area (Å²) < 4.78 is 1.90. The maximum Gasteiger partial charge on any atom is 0.268 e. The van der Waals surface area contributed by atoms with Gasteiger partial charge in [0.25, 0.3) is 5.91 Å². The first-order chi connectivity index (χ1) is 18.8. The number of thiocarbonyl (C=S) groups is 1. The van der Waals surface area contributed by atoms with E-state index >= 15 is 0 Å². The van der Waals surface area contributed by atoms with Crippen molar-refractivity contribution in [3.05, 3.63) is 66.4 Å². The highest BCUT2D eigenvalue weighted by Gasteiger charge is 2.33. The Labute approximate surface area is 235 Å². The zero-order valence-electron chi connectivity index (χ0n) is 22.8. The average Bonchev–Trinajstić information content (AvgIpc) is 3.25. The highest BCUT2D eigenvalue weighted by atomic mass is 32.1. The summed E-state index contributed by atoms with van der Waals surface area (Å²) >= 11 is 5.33. The van der Waals surface area contributed by atoms with Crippen molar-refractivity contribution in [1.82, 2.24) is 20.6 Å². The Kier molecular flexibility index (Phi) is 9.70. The molecule has 1 saturated carbocycles. The standard InChI is InChI=1S/C30H38N6O2S/c1-20(2)17-23(19-31-35-30(39)33-22-12-5-4-6-13-22)32-28(37)24-14-8-9-15-25(24)34-29(38)27-18-21-11-7-10-16-26(21)36(27)3/h4-7,10-13,16,18-20,23-25H,8-9,14-15,17H2,1-3H3,(H,32,37)(H,34,38)(H2,33,35,39)/b31-19+/t23?,24-,25+/m1/s1. The Morgan fingerprint density at radius 1 is 1.08 bits per heavy atom. The monoisotopic (exact) mass is 546 g/mol. The first-order valence-electron chi connectivity index (χ1n) is 13.6. The van der Waals surface area contributed by atoms with Crippen LogP contribution < -0.4 is 21.4 Å². The molecule has 0 saturated heterocycles. The number of hydrazone groups is 1. The van der Waals surface area contributed by atoms with E-state index in [4.69, 9.17) is 12.2 Å². The normalized spacial score (nSPS) is 18.2. The molecule has 0 bridgehead atoms. The molecule has 0 spiro atoms. The second-order valence-electron chi connectivity index (χ2n) is 10.6. The zero-order chi connectivity index (χ0) is 27.8. The summed E-state index contributed by atoms with van der Waals surface area (Å²) in [5.74, 6) is -0.153. The minimum Gasteiger partial charge on any atom is -0.348 e. The number of rotatable bonds is 9. The van der Waals surface area contributed by atoms with E-state index in [-0.39, 0.29) is 29.8 Å². The molecule has 1 aromatic heterocycles.